The standard InChI is InChI=1S/C19H21NO/c1-13-17(15-9-5-3-6-10-15)20-18(14(2)19(13)21)16-11-7-4-8-12-16/h3-14,17-18,20H,1-2H3/t13-,14+,17+,18-. The average Bonchev–Trinajstić information content (AvgIpc) is 2.55. The van der Waals surface area contributed by atoms with Crippen LogP contribution in [0.25, 0.3) is 0 Å². The highest BCUT2D eigenvalue weighted by Crippen LogP contribution is 2.37. The summed E-state index contributed by atoms with van der Waals surface area (Å²) in [7, 11) is 0. The van der Waals surface area contributed by atoms with Crippen molar-refractivity contribution in [2.24, 2.45) is 11.8 Å². The van der Waals surface area contributed by atoms with Crippen LogP contribution >= 0.6 is 0 Å². The molecule has 0 saturated carbocycles. The number of carbonyl (C=O) groups is 1. The van der Waals surface area contributed by atoms with E-state index in [9.17, 15) is 4.79 Å². The number of nitrogens with one attached hydrogen (secondary N) is 1. The molecule has 2 aromatic rings. The molecule has 1 aliphatic rings. The fourth-order valence-corrected chi connectivity index (χ4v) is 3.32. The molecule has 0 aliphatic carbocycles. The Bertz CT molecular complexity index is 554. The van der Waals surface area contributed by atoms with Crippen molar-refractivity contribution < 1.29 is 4.79 Å². The van der Waals surface area contributed by atoms with Gasteiger partial charge in [-0.3, -0.25) is 4.79 Å². The lowest BCUT2D eigenvalue weighted by Gasteiger charge is -2.39. The third-order valence-corrected chi connectivity index (χ3v) is 4.57. The van der Waals surface area contributed by atoms with Crippen molar-refractivity contribution in [3.05, 3.63) is 71.8 Å². The summed E-state index contributed by atoms with van der Waals surface area (Å²) in [5, 5.41) is 3.70. The van der Waals surface area contributed by atoms with Crippen LogP contribution in [0.4, 0.5) is 0 Å². The highest BCUT2D eigenvalue weighted by Gasteiger charge is 2.39. The molecule has 0 amide bonds. The van der Waals surface area contributed by atoms with Crippen molar-refractivity contribution in [3.8, 4) is 0 Å². The van der Waals surface area contributed by atoms with Gasteiger partial charge in [0.1, 0.15) is 5.78 Å². The van der Waals surface area contributed by atoms with E-state index < -0.39 is 0 Å². The Balaban J connectivity index is 1.95. The van der Waals surface area contributed by atoms with E-state index in [0.29, 0.717) is 5.78 Å². The summed E-state index contributed by atoms with van der Waals surface area (Å²) in [5.74, 6) is 0.348. The normalized spacial score (nSPS) is 29.3. The first-order chi connectivity index (χ1) is 10.2. The van der Waals surface area contributed by atoms with E-state index in [1.807, 2.05) is 50.2 Å². The Morgan fingerprint density at radius 2 is 1.10 bits per heavy atom. The third kappa shape index (κ3) is 2.64. The van der Waals surface area contributed by atoms with Gasteiger partial charge in [-0.15, -0.1) is 0 Å². The summed E-state index contributed by atoms with van der Waals surface area (Å²) in [6, 6.07) is 20.7. The van der Waals surface area contributed by atoms with Crippen LogP contribution in [0, 0.1) is 11.8 Å². The van der Waals surface area contributed by atoms with Crippen LogP contribution in [0.15, 0.2) is 60.7 Å². The smallest absolute Gasteiger partial charge is 0.142 e. The average molecular weight is 279 g/mol. The minimum atomic E-state index is 0.00219. The highest BCUT2D eigenvalue weighted by atomic mass is 16.1. The van der Waals surface area contributed by atoms with Crippen LogP contribution in [0.5, 0.6) is 0 Å². The molecule has 2 aromatic carbocycles. The van der Waals surface area contributed by atoms with Crippen molar-refractivity contribution in [2.75, 3.05) is 0 Å². The van der Waals surface area contributed by atoms with Crippen LogP contribution in [0.3, 0.4) is 0 Å². The summed E-state index contributed by atoms with van der Waals surface area (Å²) < 4.78 is 0. The van der Waals surface area contributed by atoms with Gasteiger partial charge in [0.2, 0.25) is 0 Å². The molecule has 2 heteroatoms. The zero-order valence-corrected chi connectivity index (χ0v) is 12.5. The van der Waals surface area contributed by atoms with Gasteiger partial charge in [-0.1, -0.05) is 74.5 Å². The van der Waals surface area contributed by atoms with Crippen molar-refractivity contribution in [3.63, 3.8) is 0 Å². The summed E-state index contributed by atoms with van der Waals surface area (Å²) in [5.41, 5.74) is 2.37. The number of Topliss-reactive ketones (excluding diaryl/α,β-unsaturated/α-hetero) is 1. The largest absolute Gasteiger partial charge is 0.302 e. The second kappa shape index (κ2) is 5.82. The zero-order valence-electron chi connectivity index (χ0n) is 12.5. The Labute approximate surface area is 126 Å². The predicted molar refractivity (Wildman–Crippen MR) is 84.8 cm³/mol. The summed E-state index contributed by atoms with van der Waals surface area (Å²) in [4.78, 5) is 12.7. The molecule has 1 saturated heterocycles. The van der Waals surface area contributed by atoms with Gasteiger partial charge in [-0.2, -0.15) is 0 Å². The van der Waals surface area contributed by atoms with Gasteiger partial charge in [0.25, 0.3) is 0 Å². The van der Waals surface area contributed by atoms with Gasteiger partial charge in [0, 0.05) is 23.9 Å². The first kappa shape index (κ1) is 14.0. The molecule has 0 bridgehead atoms. The van der Waals surface area contributed by atoms with Crippen molar-refractivity contribution in [2.45, 2.75) is 25.9 Å². The number of carbonyl (C=O) groups excluding carboxylic acids is 1. The second-order valence-corrected chi connectivity index (χ2v) is 5.92. The topological polar surface area (TPSA) is 29.1 Å². The molecule has 1 aliphatic heterocycles. The molecule has 0 aromatic heterocycles. The summed E-state index contributed by atoms with van der Waals surface area (Å²) in [6.45, 7) is 4.06. The van der Waals surface area contributed by atoms with Crippen molar-refractivity contribution >= 4 is 5.78 Å². The number of ketones is 1. The molecule has 3 rings (SSSR count). The molecular formula is C19H21NO. The third-order valence-electron chi connectivity index (χ3n) is 4.57. The van der Waals surface area contributed by atoms with E-state index in [0.717, 1.165) is 0 Å². The fraction of sp³-hybridized carbons (Fsp3) is 0.316. The highest BCUT2D eigenvalue weighted by molar-refractivity contribution is 5.85. The fourth-order valence-electron chi connectivity index (χ4n) is 3.32. The van der Waals surface area contributed by atoms with E-state index in [2.05, 4.69) is 29.6 Å². The lowest BCUT2D eigenvalue weighted by Crippen LogP contribution is -2.46. The van der Waals surface area contributed by atoms with E-state index in [1.165, 1.54) is 11.1 Å². The molecule has 0 spiro atoms. The Morgan fingerprint density at radius 3 is 1.48 bits per heavy atom. The second-order valence-electron chi connectivity index (χ2n) is 5.92. The molecular weight excluding hydrogens is 258 g/mol. The first-order valence-electron chi connectivity index (χ1n) is 7.58. The number of piperidine rings is 1. The lowest BCUT2D eigenvalue weighted by atomic mass is 9.76. The van der Waals surface area contributed by atoms with Gasteiger partial charge >= 0.3 is 0 Å². The molecule has 0 unspecified atom stereocenters. The van der Waals surface area contributed by atoms with Crippen LogP contribution in [-0.4, -0.2) is 5.78 Å². The molecule has 0 radical (unpaired) electrons. The van der Waals surface area contributed by atoms with Crippen molar-refractivity contribution in [1.82, 2.24) is 5.32 Å². The maximum atomic E-state index is 12.7. The number of hydrogen-bond donors (Lipinski definition) is 1. The minimum Gasteiger partial charge on any atom is -0.302 e. The SMILES string of the molecule is C[C@@H]1C(=O)[C@H](C)[C@@H](c2ccccc2)N[C@H]1c1ccccc1. The van der Waals surface area contributed by atoms with E-state index in [1.54, 1.807) is 0 Å². The number of rotatable bonds is 2. The Kier molecular flexibility index (Phi) is 3.89. The molecule has 2 nitrogen and oxygen atoms in total. The number of benzene rings is 2. The van der Waals surface area contributed by atoms with E-state index in [-0.39, 0.29) is 23.9 Å². The monoisotopic (exact) mass is 279 g/mol. The van der Waals surface area contributed by atoms with Crippen molar-refractivity contribution in [1.29, 1.82) is 0 Å². The van der Waals surface area contributed by atoms with Crippen LogP contribution in [0.2, 0.25) is 0 Å². The molecule has 108 valence electrons. The van der Waals surface area contributed by atoms with Gasteiger partial charge in [-0.05, 0) is 11.1 Å². The predicted octanol–water partition coefficient (Wildman–Crippen LogP) is 3.91. The van der Waals surface area contributed by atoms with Crippen LogP contribution in [0.1, 0.15) is 37.1 Å². The lowest BCUT2D eigenvalue weighted by molar-refractivity contribution is -0.130. The molecule has 1 heterocycles. The Morgan fingerprint density at radius 1 is 0.714 bits per heavy atom. The summed E-state index contributed by atoms with van der Waals surface area (Å²) in [6.07, 6.45) is 0. The van der Waals surface area contributed by atoms with Gasteiger partial charge in [0.15, 0.2) is 0 Å². The maximum Gasteiger partial charge on any atom is 0.142 e. The van der Waals surface area contributed by atoms with E-state index in [4.69, 9.17) is 0 Å². The first-order valence-corrected chi connectivity index (χ1v) is 7.58. The number of hydrogen-bond acceptors (Lipinski definition) is 2. The van der Waals surface area contributed by atoms with Gasteiger partial charge in [0.05, 0.1) is 0 Å². The van der Waals surface area contributed by atoms with Gasteiger partial charge in [-0.25, -0.2) is 0 Å². The summed E-state index contributed by atoms with van der Waals surface area (Å²) >= 11 is 0. The quantitative estimate of drug-likeness (QED) is 0.903. The molecule has 21 heavy (non-hydrogen) atoms. The van der Waals surface area contributed by atoms with E-state index >= 15 is 0 Å². The van der Waals surface area contributed by atoms with Crippen LogP contribution in [-0.2, 0) is 4.79 Å². The van der Waals surface area contributed by atoms with Gasteiger partial charge < -0.3 is 5.32 Å². The van der Waals surface area contributed by atoms with Crippen LogP contribution < -0.4 is 5.32 Å². The Hall–Kier alpha value is -1.93. The molecule has 4 atom stereocenters. The molecule has 1 fully saturated rings. The minimum absolute atomic E-state index is 0.00219. The maximum absolute atomic E-state index is 12.7. The molecule has 1 N–H and O–H groups in total. The zero-order chi connectivity index (χ0) is 14.8.